The maximum Gasteiger partial charge on any atom is 0.293 e. The molecule has 1 amide bonds. The fraction of sp³-hybridized carbons (Fsp3) is 0.200. The van der Waals surface area contributed by atoms with Gasteiger partial charge >= 0.3 is 0 Å². The van der Waals surface area contributed by atoms with Gasteiger partial charge in [0.1, 0.15) is 0 Å². The minimum atomic E-state index is -0.314. The average Bonchev–Trinajstić information content (AvgIpc) is 3.01. The molecule has 1 N–H and O–H groups in total. The zero-order valence-corrected chi connectivity index (χ0v) is 14.6. The SMILES string of the molecule is CSc1sc(NC(=O)c2oc3c(Cl)cccc3c2C)nc1C. The van der Waals surface area contributed by atoms with Crippen LogP contribution in [0.15, 0.2) is 26.8 Å². The first-order valence-corrected chi connectivity index (χ1v) is 8.93. The number of halogens is 1. The van der Waals surface area contributed by atoms with E-state index in [0.29, 0.717) is 15.7 Å². The summed E-state index contributed by atoms with van der Waals surface area (Å²) in [5.74, 6) is -0.0483. The predicted molar refractivity (Wildman–Crippen MR) is 92.5 cm³/mol. The third-order valence-corrected chi connectivity index (χ3v) is 5.86. The minimum absolute atomic E-state index is 0.265. The van der Waals surface area contributed by atoms with Gasteiger partial charge in [-0.25, -0.2) is 4.98 Å². The molecule has 0 saturated heterocycles. The van der Waals surface area contributed by atoms with Crippen molar-refractivity contribution >= 4 is 56.7 Å². The number of hydrogen-bond acceptors (Lipinski definition) is 5. The molecule has 0 aliphatic rings. The molecule has 4 nitrogen and oxygen atoms in total. The molecular formula is C15H13ClN2O2S2. The summed E-state index contributed by atoms with van der Waals surface area (Å²) >= 11 is 9.17. The van der Waals surface area contributed by atoms with Crippen molar-refractivity contribution in [2.45, 2.75) is 18.1 Å². The van der Waals surface area contributed by atoms with Gasteiger partial charge in [0.25, 0.3) is 5.91 Å². The van der Waals surface area contributed by atoms with Gasteiger partial charge in [-0.3, -0.25) is 10.1 Å². The average molecular weight is 353 g/mol. The fourth-order valence-corrected chi connectivity index (χ4v) is 4.02. The number of rotatable bonds is 3. The number of thioether (sulfide) groups is 1. The molecule has 22 heavy (non-hydrogen) atoms. The van der Waals surface area contributed by atoms with Crippen LogP contribution in [0.2, 0.25) is 5.02 Å². The second kappa shape index (κ2) is 5.95. The molecule has 0 atom stereocenters. The Kier molecular flexibility index (Phi) is 4.16. The third-order valence-electron chi connectivity index (χ3n) is 3.28. The summed E-state index contributed by atoms with van der Waals surface area (Å²) in [7, 11) is 0. The van der Waals surface area contributed by atoms with Gasteiger partial charge in [-0.2, -0.15) is 0 Å². The van der Waals surface area contributed by atoms with Crippen LogP contribution in [0, 0.1) is 13.8 Å². The summed E-state index contributed by atoms with van der Waals surface area (Å²) in [5.41, 5.74) is 2.22. The zero-order valence-electron chi connectivity index (χ0n) is 12.2. The summed E-state index contributed by atoms with van der Waals surface area (Å²) in [5, 5.41) is 4.70. The van der Waals surface area contributed by atoms with Crippen molar-refractivity contribution in [3.05, 3.63) is 40.2 Å². The first kappa shape index (κ1) is 15.4. The van der Waals surface area contributed by atoms with E-state index in [-0.39, 0.29) is 11.7 Å². The Hall–Kier alpha value is -1.50. The Balaban J connectivity index is 1.95. The first-order valence-electron chi connectivity index (χ1n) is 6.51. The number of furan rings is 1. The molecule has 3 aromatic rings. The van der Waals surface area contributed by atoms with Crippen molar-refractivity contribution in [2.75, 3.05) is 11.6 Å². The molecule has 1 aromatic carbocycles. The van der Waals surface area contributed by atoms with Gasteiger partial charge in [-0.15, -0.1) is 11.8 Å². The number of hydrogen-bond donors (Lipinski definition) is 1. The van der Waals surface area contributed by atoms with Gasteiger partial charge in [0, 0.05) is 10.9 Å². The minimum Gasteiger partial charge on any atom is -0.449 e. The Morgan fingerprint density at radius 3 is 2.82 bits per heavy atom. The smallest absolute Gasteiger partial charge is 0.293 e. The van der Waals surface area contributed by atoms with Gasteiger partial charge in [-0.05, 0) is 26.2 Å². The number of para-hydroxylation sites is 1. The van der Waals surface area contributed by atoms with Crippen LogP contribution < -0.4 is 5.32 Å². The maximum atomic E-state index is 12.4. The molecule has 0 radical (unpaired) electrons. The summed E-state index contributed by atoms with van der Waals surface area (Å²) in [6.07, 6.45) is 1.98. The lowest BCUT2D eigenvalue weighted by atomic mass is 10.1. The summed E-state index contributed by atoms with van der Waals surface area (Å²) in [6, 6.07) is 5.46. The van der Waals surface area contributed by atoms with E-state index < -0.39 is 0 Å². The molecular weight excluding hydrogens is 340 g/mol. The van der Waals surface area contributed by atoms with Crippen LogP contribution in [0.4, 0.5) is 5.13 Å². The van der Waals surface area contributed by atoms with Crippen molar-refractivity contribution < 1.29 is 9.21 Å². The van der Waals surface area contributed by atoms with Crippen LogP contribution in [-0.2, 0) is 0 Å². The van der Waals surface area contributed by atoms with Crippen LogP contribution in [0.3, 0.4) is 0 Å². The highest BCUT2D eigenvalue weighted by Crippen LogP contribution is 2.33. The van der Waals surface area contributed by atoms with Gasteiger partial charge < -0.3 is 4.42 Å². The van der Waals surface area contributed by atoms with Crippen LogP contribution >= 0.6 is 34.7 Å². The number of nitrogens with one attached hydrogen (secondary N) is 1. The number of nitrogens with zero attached hydrogens (tertiary/aromatic N) is 1. The van der Waals surface area contributed by atoms with Crippen molar-refractivity contribution in [3.8, 4) is 0 Å². The molecule has 0 saturated carbocycles. The van der Waals surface area contributed by atoms with Crippen LogP contribution in [0.1, 0.15) is 21.8 Å². The van der Waals surface area contributed by atoms with E-state index in [2.05, 4.69) is 10.3 Å². The standard InChI is InChI=1S/C15H13ClN2O2S2/c1-7-9-5-4-6-10(16)12(9)20-11(7)13(19)18-15-17-8(2)14(21-3)22-15/h4-6H,1-3H3,(H,17,18,19). The Bertz CT molecular complexity index is 870. The number of anilines is 1. The van der Waals surface area contributed by atoms with Crippen LogP contribution in [0.25, 0.3) is 11.0 Å². The number of carbonyl (C=O) groups is 1. The number of aryl methyl sites for hydroxylation is 2. The molecule has 3 rings (SSSR count). The number of thiazole rings is 1. The Labute approximate surface area is 140 Å². The van der Waals surface area contributed by atoms with Crippen molar-refractivity contribution in [3.63, 3.8) is 0 Å². The van der Waals surface area contributed by atoms with Gasteiger partial charge in [0.2, 0.25) is 0 Å². The molecule has 0 aliphatic carbocycles. The lowest BCUT2D eigenvalue weighted by Crippen LogP contribution is -2.11. The van der Waals surface area contributed by atoms with E-state index in [4.69, 9.17) is 16.0 Å². The van der Waals surface area contributed by atoms with Crippen molar-refractivity contribution in [2.24, 2.45) is 0 Å². The van der Waals surface area contributed by atoms with E-state index in [1.807, 2.05) is 32.2 Å². The van der Waals surface area contributed by atoms with Gasteiger partial charge in [-0.1, -0.05) is 35.1 Å². The number of benzene rings is 1. The topological polar surface area (TPSA) is 55.1 Å². The third kappa shape index (κ3) is 2.62. The summed E-state index contributed by atoms with van der Waals surface area (Å²) in [4.78, 5) is 16.8. The van der Waals surface area contributed by atoms with E-state index >= 15 is 0 Å². The molecule has 0 bridgehead atoms. The van der Waals surface area contributed by atoms with E-state index in [9.17, 15) is 4.79 Å². The molecule has 0 spiro atoms. The van der Waals surface area contributed by atoms with Gasteiger partial charge in [0.15, 0.2) is 16.5 Å². The lowest BCUT2D eigenvalue weighted by molar-refractivity contribution is 0.0998. The van der Waals surface area contributed by atoms with Crippen molar-refractivity contribution in [1.82, 2.24) is 4.98 Å². The molecule has 114 valence electrons. The monoisotopic (exact) mass is 352 g/mol. The quantitative estimate of drug-likeness (QED) is 0.663. The maximum absolute atomic E-state index is 12.4. The van der Waals surface area contributed by atoms with E-state index in [1.54, 1.807) is 17.8 Å². The highest BCUT2D eigenvalue weighted by atomic mass is 35.5. The second-order valence-corrected chi connectivity index (χ2v) is 7.20. The van der Waals surface area contributed by atoms with E-state index in [0.717, 1.165) is 20.9 Å². The van der Waals surface area contributed by atoms with Crippen LogP contribution in [0.5, 0.6) is 0 Å². The molecule has 7 heteroatoms. The number of amides is 1. The molecule has 2 aromatic heterocycles. The molecule has 2 heterocycles. The molecule has 0 fully saturated rings. The Morgan fingerprint density at radius 1 is 1.41 bits per heavy atom. The lowest BCUT2D eigenvalue weighted by Gasteiger charge is -1.98. The largest absolute Gasteiger partial charge is 0.449 e. The molecule has 0 unspecified atom stereocenters. The summed E-state index contributed by atoms with van der Waals surface area (Å²) in [6.45, 7) is 3.77. The Morgan fingerprint density at radius 2 is 2.18 bits per heavy atom. The number of aromatic nitrogens is 1. The molecule has 0 aliphatic heterocycles. The fourth-order valence-electron chi connectivity index (χ4n) is 2.20. The van der Waals surface area contributed by atoms with E-state index in [1.165, 1.54) is 11.3 Å². The highest BCUT2D eigenvalue weighted by Gasteiger charge is 2.20. The van der Waals surface area contributed by atoms with Crippen LogP contribution in [-0.4, -0.2) is 17.1 Å². The normalized spacial score (nSPS) is 11.1. The summed E-state index contributed by atoms with van der Waals surface area (Å²) < 4.78 is 6.74. The predicted octanol–water partition coefficient (Wildman–Crippen LogP) is 5.13. The number of fused-ring (bicyclic) bond motifs is 1. The first-order chi connectivity index (χ1) is 10.5. The highest BCUT2D eigenvalue weighted by molar-refractivity contribution is 8.00. The van der Waals surface area contributed by atoms with Crippen molar-refractivity contribution in [1.29, 1.82) is 0 Å². The zero-order chi connectivity index (χ0) is 15.9. The second-order valence-electron chi connectivity index (χ2n) is 4.72. The number of carbonyl (C=O) groups excluding carboxylic acids is 1. The van der Waals surface area contributed by atoms with Gasteiger partial charge in [0.05, 0.1) is 14.9 Å².